The van der Waals surface area contributed by atoms with Gasteiger partial charge in [-0.15, -0.1) is 0 Å². The SMILES string of the molecule is CN(C(=O)CC1CCNC1)c1ccccc1Br. The number of carbonyl (C=O) groups excluding carboxylic acids is 1. The molecule has 1 heterocycles. The first kappa shape index (κ1) is 12.6. The van der Waals surface area contributed by atoms with Crippen molar-refractivity contribution in [2.45, 2.75) is 12.8 Å². The number of para-hydroxylation sites is 1. The summed E-state index contributed by atoms with van der Waals surface area (Å²) in [5, 5.41) is 3.29. The summed E-state index contributed by atoms with van der Waals surface area (Å²) in [5.74, 6) is 0.679. The molecule has 1 saturated heterocycles. The van der Waals surface area contributed by atoms with E-state index in [1.54, 1.807) is 4.90 Å². The van der Waals surface area contributed by atoms with Gasteiger partial charge in [0.2, 0.25) is 5.91 Å². The molecular weight excluding hydrogens is 280 g/mol. The number of nitrogens with one attached hydrogen (secondary N) is 1. The van der Waals surface area contributed by atoms with Crippen molar-refractivity contribution in [3.8, 4) is 0 Å². The molecule has 0 bridgehead atoms. The second-order valence-electron chi connectivity index (χ2n) is 4.47. The first-order valence-electron chi connectivity index (χ1n) is 5.90. The van der Waals surface area contributed by atoms with Crippen LogP contribution in [0.25, 0.3) is 0 Å². The largest absolute Gasteiger partial charge is 0.316 e. The molecule has 1 fully saturated rings. The predicted molar refractivity (Wildman–Crippen MR) is 73.1 cm³/mol. The molecule has 1 amide bonds. The standard InChI is InChI=1S/C13H17BrN2O/c1-16(12-5-3-2-4-11(12)14)13(17)8-10-6-7-15-9-10/h2-5,10,15H,6-9H2,1H3. The van der Waals surface area contributed by atoms with Crippen molar-refractivity contribution >= 4 is 27.5 Å². The van der Waals surface area contributed by atoms with Crippen LogP contribution in [0.2, 0.25) is 0 Å². The number of amides is 1. The lowest BCUT2D eigenvalue weighted by atomic mass is 10.0. The highest BCUT2D eigenvalue weighted by atomic mass is 79.9. The zero-order valence-electron chi connectivity index (χ0n) is 9.95. The second-order valence-corrected chi connectivity index (χ2v) is 5.32. The minimum absolute atomic E-state index is 0.186. The van der Waals surface area contributed by atoms with Crippen LogP contribution in [0.15, 0.2) is 28.7 Å². The molecule has 2 rings (SSSR count). The van der Waals surface area contributed by atoms with Crippen LogP contribution in [0.5, 0.6) is 0 Å². The van der Waals surface area contributed by atoms with Gasteiger partial charge in [-0.25, -0.2) is 0 Å². The predicted octanol–water partition coefficient (Wildman–Crippen LogP) is 2.41. The Morgan fingerprint density at radius 2 is 2.29 bits per heavy atom. The number of hydrogen-bond acceptors (Lipinski definition) is 2. The maximum atomic E-state index is 12.1. The smallest absolute Gasteiger partial charge is 0.227 e. The Balaban J connectivity index is 2.01. The van der Waals surface area contributed by atoms with Crippen LogP contribution < -0.4 is 10.2 Å². The molecule has 1 atom stereocenters. The van der Waals surface area contributed by atoms with Crippen molar-refractivity contribution < 1.29 is 4.79 Å². The van der Waals surface area contributed by atoms with Crippen LogP contribution in [0, 0.1) is 5.92 Å². The van der Waals surface area contributed by atoms with Gasteiger partial charge in [0.15, 0.2) is 0 Å². The zero-order valence-corrected chi connectivity index (χ0v) is 11.5. The summed E-state index contributed by atoms with van der Waals surface area (Å²) in [5.41, 5.74) is 0.934. The van der Waals surface area contributed by atoms with Crippen LogP contribution in [-0.2, 0) is 4.79 Å². The fourth-order valence-electron chi connectivity index (χ4n) is 2.13. The molecule has 1 aliphatic rings. The van der Waals surface area contributed by atoms with E-state index in [9.17, 15) is 4.79 Å². The molecule has 0 saturated carbocycles. The molecule has 4 heteroatoms. The number of benzene rings is 1. The van der Waals surface area contributed by atoms with Gasteiger partial charge in [0.05, 0.1) is 5.69 Å². The summed E-state index contributed by atoms with van der Waals surface area (Å²) in [4.78, 5) is 13.9. The summed E-state index contributed by atoms with van der Waals surface area (Å²) in [6.07, 6.45) is 1.74. The fraction of sp³-hybridized carbons (Fsp3) is 0.462. The number of carbonyl (C=O) groups is 1. The van der Waals surface area contributed by atoms with Gasteiger partial charge in [-0.3, -0.25) is 4.79 Å². The molecule has 1 aromatic rings. The van der Waals surface area contributed by atoms with Crippen molar-refractivity contribution in [1.82, 2.24) is 5.32 Å². The van der Waals surface area contributed by atoms with Crippen molar-refractivity contribution in [2.24, 2.45) is 5.92 Å². The van der Waals surface area contributed by atoms with Crippen molar-refractivity contribution in [1.29, 1.82) is 0 Å². The average Bonchev–Trinajstić information content (AvgIpc) is 2.81. The van der Waals surface area contributed by atoms with E-state index in [4.69, 9.17) is 0 Å². The number of rotatable bonds is 3. The summed E-state index contributed by atoms with van der Waals surface area (Å²) >= 11 is 3.47. The van der Waals surface area contributed by atoms with Gasteiger partial charge in [0, 0.05) is 17.9 Å². The van der Waals surface area contributed by atoms with E-state index < -0.39 is 0 Å². The quantitative estimate of drug-likeness (QED) is 0.929. The molecule has 0 aliphatic carbocycles. The average molecular weight is 297 g/mol. The number of hydrogen-bond donors (Lipinski definition) is 1. The molecule has 17 heavy (non-hydrogen) atoms. The number of halogens is 1. The van der Waals surface area contributed by atoms with E-state index in [0.29, 0.717) is 12.3 Å². The van der Waals surface area contributed by atoms with E-state index in [1.807, 2.05) is 31.3 Å². The fourth-order valence-corrected chi connectivity index (χ4v) is 2.68. The van der Waals surface area contributed by atoms with Gasteiger partial charge >= 0.3 is 0 Å². The third kappa shape index (κ3) is 3.07. The van der Waals surface area contributed by atoms with Crippen molar-refractivity contribution in [2.75, 3.05) is 25.0 Å². The second kappa shape index (κ2) is 5.65. The summed E-state index contributed by atoms with van der Waals surface area (Å²) in [6.45, 7) is 2.01. The molecule has 1 aliphatic heterocycles. The Hall–Kier alpha value is -0.870. The van der Waals surface area contributed by atoms with E-state index in [-0.39, 0.29) is 5.91 Å². The molecule has 1 unspecified atom stereocenters. The van der Waals surface area contributed by atoms with Crippen LogP contribution in [0.4, 0.5) is 5.69 Å². The lowest BCUT2D eigenvalue weighted by Gasteiger charge is -2.20. The van der Waals surface area contributed by atoms with Gasteiger partial charge < -0.3 is 10.2 Å². The van der Waals surface area contributed by atoms with Gasteiger partial charge in [0.25, 0.3) is 0 Å². The first-order valence-corrected chi connectivity index (χ1v) is 6.69. The van der Waals surface area contributed by atoms with Gasteiger partial charge in [0.1, 0.15) is 0 Å². The van der Waals surface area contributed by atoms with Crippen LogP contribution >= 0.6 is 15.9 Å². The molecule has 1 N–H and O–H groups in total. The van der Waals surface area contributed by atoms with Gasteiger partial charge in [-0.2, -0.15) is 0 Å². The molecule has 0 aromatic heterocycles. The third-order valence-electron chi connectivity index (χ3n) is 3.21. The Morgan fingerprint density at radius 3 is 2.94 bits per heavy atom. The van der Waals surface area contributed by atoms with Crippen molar-refractivity contribution in [3.63, 3.8) is 0 Å². The first-order chi connectivity index (χ1) is 8.18. The Bertz CT molecular complexity index is 402. The number of anilines is 1. The summed E-state index contributed by atoms with van der Waals surface area (Å²) in [7, 11) is 1.84. The lowest BCUT2D eigenvalue weighted by Crippen LogP contribution is -2.28. The van der Waals surface area contributed by atoms with Crippen LogP contribution in [0.3, 0.4) is 0 Å². The highest BCUT2D eigenvalue weighted by molar-refractivity contribution is 9.10. The molecule has 1 aromatic carbocycles. The van der Waals surface area contributed by atoms with E-state index in [2.05, 4.69) is 21.2 Å². The van der Waals surface area contributed by atoms with Gasteiger partial charge in [-0.1, -0.05) is 12.1 Å². The summed E-state index contributed by atoms with van der Waals surface area (Å²) in [6, 6.07) is 7.80. The maximum Gasteiger partial charge on any atom is 0.227 e. The number of nitrogens with zero attached hydrogens (tertiary/aromatic N) is 1. The maximum absolute atomic E-state index is 12.1. The molecule has 0 spiro atoms. The van der Waals surface area contributed by atoms with E-state index >= 15 is 0 Å². The third-order valence-corrected chi connectivity index (χ3v) is 3.88. The molecule has 0 radical (unpaired) electrons. The minimum Gasteiger partial charge on any atom is -0.316 e. The Labute approximate surface area is 110 Å². The Kier molecular flexibility index (Phi) is 4.18. The van der Waals surface area contributed by atoms with Crippen LogP contribution in [-0.4, -0.2) is 26.0 Å². The lowest BCUT2D eigenvalue weighted by molar-refractivity contribution is -0.119. The normalized spacial score (nSPS) is 19.3. The van der Waals surface area contributed by atoms with Gasteiger partial charge in [-0.05, 0) is 53.5 Å². The minimum atomic E-state index is 0.186. The highest BCUT2D eigenvalue weighted by Gasteiger charge is 2.21. The van der Waals surface area contributed by atoms with E-state index in [0.717, 1.165) is 29.7 Å². The topological polar surface area (TPSA) is 32.3 Å². The Morgan fingerprint density at radius 1 is 1.53 bits per heavy atom. The monoisotopic (exact) mass is 296 g/mol. The van der Waals surface area contributed by atoms with Crippen molar-refractivity contribution in [3.05, 3.63) is 28.7 Å². The molecule has 3 nitrogen and oxygen atoms in total. The molecular formula is C13H17BrN2O. The van der Waals surface area contributed by atoms with Crippen LogP contribution in [0.1, 0.15) is 12.8 Å². The summed E-state index contributed by atoms with van der Waals surface area (Å²) < 4.78 is 0.959. The zero-order chi connectivity index (χ0) is 12.3. The highest BCUT2D eigenvalue weighted by Crippen LogP contribution is 2.26. The molecule has 92 valence electrons. The van der Waals surface area contributed by atoms with E-state index in [1.165, 1.54) is 0 Å².